The molecule has 1 aliphatic heterocycles. The molecule has 2 N–H and O–H groups in total. The summed E-state index contributed by atoms with van der Waals surface area (Å²) in [6.45, 7) is 7.81. The average Bonchev–Trinajstić information content (AvgIpc) is 3.12. The van der Waals surface area contributed by atoms with Crippen molar-refractivity contribution in [2.45, 2.75) is 32.2 Å². The number of hydrogen-bond donors (Lipinski definition) is 2. The molecule has 0 amide bonds. The third-order valence-electron chi connectivity index (χ3n) is 4.45. The molecule has 0 aromatic heterocycles. The normalized spacial score (nSPS) is 17.4. The lowest BCUT2D eigenvalue weighted by Gasteiger charge is -2.20. The molecule has 0 radical (unpaired) electrons. The minimum atomic E-state index is 0.388. The fourth-order valence-electron chi connectivity index (χ4n) is 3.05. The van der Waals surface area contributed by atoms with Crippen molar-refractivity contribution >= 4 is 23.2 Å². The second kappa shape index (κ2) is 12.8. The van der Waals surface area contributed by atoms with Crippen LogP contribution in [0.25, 0.3) is 0 Å². The summed E-state index contributed by atoms with van der Waals surface area (Å²) in [6, 6.07) is 8.44. The zero-order valence-corrected chi connectivity index (χ0v) is 17.3. The number of hydrogen-bond acceptors (Lipinski definition) is 4. The molecule has 1 unspecified atom stereocenters. The number of ether oxygens (including phenoxy) is 2. The lowest BCUT2D eigenvalue weighted by atomic mass is 10.2. The number of halogens is 1. The molecule has 152 valence electrons. The van der Waals surface area contributed by atoms with Crippen LogP contribution in [0.3, 0.4) is 0 Å². The molecule has 6 nitrogen and oxygen atoms in total. The molecule has 1 saturated heterocycles. The summed E-state index contributed by atoms with van der Waals surface area (Å²) < 4.78 is 10.4. The van der Waals surface area contributed by atoms with Crippen molar-refractivity contribution < 1.29 is 9.47 Å². The zero-order valence-electron chi connectivity index (χ0n) is 16.5. The number of anilines is 1. The Hall–Kier alpha value is -1.50. The average molecular weight is 397 g/mol. The molecule has 1 aliphatic rings. The largest absolute Gasteiger partial charge is 0.382 e. The third-order valence-corrected chi connectivity index (χ3v) is 4.68. The first-order valence-electron chi connectivity index (χ1n) is 9.85. The fraction of sp³-hybridized carbons (Fsp3) is 0.650. The van der Waals surface area contributed by atoms with Crippen LogP contribution in [0.4, 0.5) is 5.69 Å². The van der Waals surface area contributed by atoms with Crippen LogP contribution in [0.15, 0.2) is 29.3 Å². The number of rotatable bonds is 11. The summed E-state index contributed by atoms with van der Waals surface area (Å²) in [4.78, 5) is 7.06. The third kappa shape index (κ3) is 8.37. The van der Waals surface area contributed by atoms with Gasteiger partial charge in [-0.2, -0.15) is 0 Å². The quantitative estimate of drug-likeness (QED) is 0.342. The Bertz CT molecular complexity index is 571. The number of unbranched alkanes of at least 4 members (excludes halogenated alkanes) is 1. The number of nitrogens with one attached hydrogen (secondary N) is 2. The van der Waals surface area contributed by atoms with Crippen LogP contribution in [0.2, 0.25) is 5.02 Å². The van der Waals surface area contributed by atoms with Crippen molar-refractivity contribution in [1.29, 1.82) is 0 Å². The summed E-state index contributed by atoms with van der Waals surface area (Å²) in [6.07, 6.45) is 3.12. The van der Waals surface area contributed by atoms with Crippen LogP contribution in [0, 0.1) is 0 Å². The van der Waals surface area contributed by atoms with Crippen molar-refractivity contribution in [2.75, 3.05) is 58.0 Å². The molecule has 0 spiro atoms. The van der Waals surface area contributed by atoms with E-state index in [0.29, 0.717) is 19.3 Å². The molecule has 1 aromatic rings. The molecule has 1 atom stereocenters. The molecular weight excluding hydrogens is 364 g/mol. The molecule has 7 heteroatoms. The van der Waals surface area contributed by atoms with Crippen LogP contribution in [-0.4, -0.2) is 65.1 Å². The first-order valence-corrected chi connectivity index (χ1v) is 10.2. The highest BCUT2D eigenvalue weighted by molar-refractivity contribution is 6.30. The van der Waals surface area contributed by atoms with E-state index in [1.807, 2.05) is 18.2 Å². The van der Waals surface area contributed by atoms with Gasteiger partial charge in [-0.05, 0) is 44.4 Å². The highest BCUT2D eigenvalue weighted by Gasteiger charge is 2.23. The van der Waals surface area contributed by atoms with Crippen LogP contribution < -0.4 is 15.5 Å². The summed E-state index contributed by atoms with van der Waals surface area (Å²) in [5, 5.41) is 7.69. The molecule has 0 aliphatic carbocycles. The lowest BCUT2D eigenvalue weighted by molar-refractivity contribution is 0.0690. The van der Waals surface area contributed by atoms with E-state index < -0.39 is 0 Å². The van der Waals surface area contributed by atoms with E-state index >= 15 is 0 Å². The van der Waals surface area contributed by atoms with Crippen LogP contribution >= 0.6 is 11.6 Å². The fourth-order valence-corrected chi connectivity index (χ4v) is 3.23. The van der Waals surface area contributed by atoms with Crippen molar-refractivity contribution in [1.82, 2.24) is 10.6 Å². The zero-order chi connectivity index (χ0) is 19.3. The van der Waals surface area contributed by atoms with Gasteiger partial charge >= 0.3 is 0 Å². The van der Waals surface area contributed by atoms with Gasteiger partial charge in [0.05, 0.1) is 13.2 Å². The number of aliphatic imine (C=N–C) groups is 1. The van der Waals surface area contributed by atoms with Gasteiger partial charge in [-0.25, -0.2) is 0 Å². The van der Waals surface area contributed by atoms with E-state index in [0.717, 1.165) is 63.0 Å². The Morgan fingerprint density at radius 3 is 2.96 bits per heavy atom. The number of methoxy groups -OCH3 is 1. The molecule has 2 rings (SSSR count). The van der Waals surface area contributed by atoms with Gasteiger partial charge in [-0.1, -0.05) is 17.7 Å². The second-order valence-corrected chi connectivity index (χ2v) is 7.07. The summed E-state index contributed by atoms with van der Waals surface area (Å²) >= 11 is 6.12. The molecule has 27 heavy (non-hydrogen) atoms. The minimum Gasteiger partial charge on any atom is -0.382 e. The van der Waals surface area contributed by atoms with Crippen LogP contribution in [-0.2, 0) is 9.47 Å². The van der Waals surface area contributed by atoms with E-state index in [-0.39, 0.29) is 0 Å². The summed E-state index contributed by atoms with van der Waals surface area (Å²) in [5.74, 6) is 0.899. The van der Waals surface area contributed by atoms with Gasteiger partial charge < -0.3 is 25.0 Å². The van der Waals surface area contributed by atoms with E-state index in [2.05, 4.69) is 28.5 Å². The predicted octanol–water partition coefficient (Wildman–Crippen LogP) is 2.92. The first-order chi connectivity index (χ1) is 13.2. The van der Waals surface area contributed by atoms with Crippen molar-refractivity contribution in [3.05, 3.63) is 29.3 Å². The molecule has 1 fully saturated rings. The monoisotopic (exact) mass is 396 g/mol. The van der Waals surface area contributed by atoms with E-state index in [1.54, 1.807) is 7.11 Å². The van der Waals surface area contributed by atoms with E-state index in [1.165, 1.54) is 5.69 Å². The van der Waals surface area contributed by atoms with Crippen molar-refractivity contribution in [3.63, 3.8) is 0 Å². The topological polar surface area (TPSA) is 58.1 Å². The van der Waals surface area contributed by atoms with Gasteiger partial charge in [0, 0.05) is 56.6 Å². The maximum atomic E-state index is 6.12. The maximum Gasteiger partial charge on any atom is 0.191 e. The molecule has 0 bridgehead atoms. The van der Waals surface area contributed by atoms with Gasteiger partial charge in [-0.3, -0.25) is 4.99 Å². The SMILES string of the molecule is CCNC(=NCCCCOCCOC)NC1CCN(c2cccc(Cl)c2)C1. The molecular formula is C20H33ClN4O2. The number of guanidine groups is 1. The summed E-state index contributed by atoms with van der Waals surface area (Å²) in [5.41, 5.74) is 1.18. The number of benzene rings is 1. The van der Waals surface area contributed by atoms with Crippen LogP contribution in [0.5, 0.6) is 0 Å². The molecule has 0 saturated carbocycles. The van der Waals surface area contributed by atoms with Gasteiger partial charge in [0.2, 0.25) is 0 Å². The Kier molecular flexibility index (Phi) is 10.3. The molecule has 1 heterocycles. The first kappa shape index (κ1) is 21.8. The Morgan fingerprint density at radius 1 is 1.30 bits per heavy atom. The number of nitrogens with zero attached hydrogens (tertiary/aromatic N) is 2. The Morgan fingerprint density at radius 2 is 2.19 bits per heavy atom. The van der Waals surface area contributed by atoms with Gasteiger partial charge in [0.1, 0.15) is 0 Å². The van der Waals surface area contributed by atoms with Gasteiger partial charge in [-0.15, -0.1) is 0 Å². The second-order valence-electron chi connectivity index (χ2n) is 6.63. The highest BCUT2D eigenvalue weighted by atomic mass is 35.5. The minimum absolute atomic E-state index is 0.388. The smallest absolute Gasteiger partial charge is 0.191 e. The highest BCUT2D eigenvalue weighted by Crippen LogP contribution is 2.23. The van der Waals surface area contributed by atoms with Gasteiger partial charge in [0.25, 0.3) is 0 Å². The Balaban J connectivity index is 1.72. The van der Waals surface area contributed by atoms with Crippen molar-refractivity contribution in [2.24, 2.45) is 4.99 Å². The molecule has 1 aromatic carbocycles. The summed E-state index contributed by atoms with van der Waals surface area (Å²) in [7, 11) is 1.69. The van der Waals surface area contributed by atoms with Gasteiger partial charge in [0.15, 0.2) is 5.96 Å². The lowest BCUT2D eigenvalue weighted by Crippen LogP contribution is -2.44. The maximum absolute atomic E-state index is 6.12. The van der Waals surface area contributed by atoms with E-state index in [9.17, 15) is 0 Å². The Labute approximate surface area is 168 Å². The predicted molar refractivity (Wildman–Crippen MR) is 113 cm³/mol. The van der Waals surface area contributed by atoms with Crippen molar-refractivity contribution in [3.8, 4) is 0 Å². The van der Waals surface area contributed by atoms with Crippen LogP contribution in [0.1, 0.15) is 26.2 Å². The standard InChI is InChI=1S/C20H33ClN4O2/c1-3-22-20(23-10-4-5-12-27-14-13-26-2)24-18-9-11-25(16-18)19-8-6-7-17(21)15-19/h6-8,15,18H,3-5,9-14,16H2,1-2H3,(H2,22,23,24). The van der Waals surface area contributed by atoms with E-state index in [4.69, 9.17) is 26.1 Å².